The highest BCUT2D eigenvalue weighted by Crippen LogP contribution is 2.36. The maximum Gasteiger partial charge on any atom is 0.335 e. The summed E-state index contributed by atoms with van der Waals surface area (Å²) in [5.41, 5.74) is 0.448. The minimum Gasteiger partial charge on any atom is -0.496 e. The van der Waals surface area contributed by atoms with E-state index in [0.29, 0.717) is 33.8 Å². The van der Waals surface area contributed by atoms with Gasteiger partial charge < -0.3 is 14.6 Å². The van der Waals surface area contributed by atoms with E-state index in [1.807, 2.05) is 13.8 Å². The van der Waals surface area contributed by atoms with Crippen LogP contribution in [-0.2, 0) is 6.42 Å². The van der Waals surface area contributed by atoms with Gasteiger partial charge in [-0.1, -0.05) is 17.7 Å². The topological polar surface area (TPSA) is 85.2 Å². The number of allylic oxidation sites excluding steroid dienone is 1. The molecule has 3 aromatic rings. The monoisotopic (exact) mass is 521 g/mol. The first kappa shape index (κ1) is 26.1. The Balaban J connectivity index is 1.73. The first-order valence-corrected chi connectivity index (χ1v) is 11.9. The number of benzene rings is 3. The molecule has 37 heavy (non-hydrogen) atoms. The number of ketones is 1. The van der Waals surface area contributed by atoms with Crippen molar-refractivity contribution in [1.29, 1.82) is 0 Å². The first-order chi connectivity index (χ1) is 17.6. The summed E-state index contributed by atoms with van der Waals surface area (Å²) in [5.74, 6) is -1.13. The van der Waals surface area contributed by atoms with Gasteiger partial charge in [0.15, 0.2) is 5.78 Å². The summed E-state index contributed by atoms with van der Waals surface area (Å²) in [5, 5.41) is 9.58. The van der Waals surface area contributed by atoms with E-state index in [-0.39, 0.29) is 28.9 Å². The number of hydrogen-bond donors (Lipinski definition) is 1. The van der Waals surface area contributed by atoms with Gasteiger partial charge in [0.1, 0.15) is 22.9 Å². The van der Waals surface area contributed by atoms with E-state index in [0.717, 1.165) is 6.07 Å². The number of rotatable bonds is 9. The van der Waals surface area contributed by atoms with Crippen molar-refractivity contribution in [3.8, 4) is 22.6 Å². The molecule has 1 N–H and O–H groups in total. The van der Waals surface area contributed by atoms with Crippen molar-refractivity contribution < 1.29 is 28.6 Å². The summed E-state index contributed by atoms with van der Waals surface area (Å²) in [6.07, 6.45) is 5.06. The van der Waals surface area contributed by atoms with Gasteiger partial charge in [0.2, 0.25) is 0 Å². The Morgan fingerprint density at radius 3 is 2.49 bits per heavy atom. The molecule has 0 saturated heterocycles. The maximum atomic E-state index is 14.2. The smallest absolute Gasteiger partial charge is 0.335 e. The third-order valence-electron chi connectivity index (χ3n) is 5.93. The van der Waals surface area contributed by atoms with Crippen LogP contribution >= 0.6 is 11.6 Å². The van der Waals surface area contributed by atoms with Crippen LogP contribution in [0.5, 0.6) is 11.5 Å². The molecule has 0 saturated carbocycles. The summed E-state index contributed by atoms with van der Waals surface area (Å²) in [7, 11) is 1.51. The number of hydrogen-bond acceptors (Lipinski definition) is 5. The lowest BCUT2D eigenvalue weighted by Crippen LogP contribution is -2.36. The van der Waals surface area contributed by atoms with Crippen molar-refractivity contribution in [3.63, 3.8) is 0 Å². The van der Waals surface area contributed by atoms with Gasteiger partial charge in [0.05, 0.1) is 23.8 Å². The number of methoxy groups -OCH3 is 1. The first-order valence-electron chi connectivity index (χ1n) is 11.6. The molecule has 0 aromatic heterocycles. The predicted octanol–water partition coefficient (Wildman–Crippen LogP) is 6.44. The normalized spacial score (nSPS) is 16.3. The number of Topliss-reactive ketones (excluding diaryl/α,β-unsaturated/α-hetero) is 1. The lowest BCUT2D eigenvalue weighted by atomic mass is 9.83. The number of carbonyl (C=O) groups excluding carboxylic acids is 1. The van der Waals surface area contributed by atoms with Gasteiger partial charge in [-0.05, 0) is 91.2 Å². The van der Waals surface area contributed by atoms with Gasteiger partial charge in [-0.2, -0.15) is 0 Å². The van der Waals surface area contributed by atoms with Crippen LogP contribution in [0.4, 0.5) is 4.39 Å². The molecule has 1 aliphatic heterocycles. The van der Waals surface area contributed by atoms with Crippen molar-refractivity contribution in [3.05, 3.63) is 94.3 Å². The van der Waals surface area contributed by atoms with Crippen LogP contribution < -0.4 is 9.47 Å². The summed E-state index contributed by atoms with van der Waals surface area (Å²) in [4.78, 5) is 29.7. The van der Waals surface area contributed by atoms with E-state index in [9.17, 15) is 19.1 Å². The number of ether oxygens (including phenoxy) is 2. The molecular formula is C29H25ClFNO5. The fourth-order valence-corrected chi connectivity index (χ4v) is 4.52. The van der Waals surface area contributed by atoms with E-state index in [1.165, 1.54) is 19.2 Å². The van der Waals surface area contributed by atoms with E-state index in [4.69, 9.17) is 21.1 Å². The van der Waals surface area contributed by atoms with Crippen LogP contribution in [0.15, 0.2) is 71.7 Å². The molecule has 0 radical (unpaired) electrons. The van der Waals surface area contributed by atoms with Gasteiger partial charge in [0, 0.05) is 18.2 Å². The van der Waals surface area contributed by atoms with E-state index >= 15 is 0 Å². The average molecular weight is 522 g/mol. The highest BCUT2D eigenvalue weighted by Gasteiger charge is 2.39. The molecule has 4 rings (SSSR count). The van der Waals surface area contributed by atoms with Crippen molar-refractivity contribution in [2.45, 2.75) is 31.9 Å². The van der Waals surface area contributed by atoms with Gasteiger partial charge in [-0.15, -0.1) is 0 Å². The number of carboxylic acids is 1. The number of halogens is 2. The van der Waals surface area contributed by atoms with E-state index in [2.05, 4.69) is 4.99 Å². The quantitative estimate of drug-likeness (QED) is 0.327. The van der Waals surface area contributed by atoms with E-state index < -0.39 is 17.3 Å². The van der Waals surface area contributed by atoms with E-state index in [1.54, 1.807) is 54.8 Å². The molecule has 0 fully saturated rings. The summed E-state index contributed by atoms with van der Waals surface area (Å²) in [6, 6.07) is 13.7. The van der Waals surface area contributed by atoms with Gasteiger partial charge in [-0.3, -0.25) is 9.79 Å². The highest BCUT2D eigenvalue weighted by atomic mass is 35.5. The number of carboxylic acid groups (broad SMARTS) is 1. The van der Waals surface area contributed by atoms with Crippen LogP contribution in [0.1, 0.15) is 40.1 Å². The lowest BCUT2D eigenvalue weighted by Gasteiger charge is -2.25. The number of nitrogens with zero attached hydrogens (tertiary/aromatic N) is 1. The van der Waals surface area contributed by atoms with Crippen LogP contribution in [0.25, 0.3) is 11.1 Å². The van der Waals surface area contributed by atoms with Gasteiger partial charge in [0.25, 0.3) is 0 Å². The summed E-state index contributed by atoms with van der Waals surface area (Å²) >= 11 is 6.49. The van der Waals surface area contributed by atoms with Crippen LogP contribution in [0, 0.1) is 5.82 Å². The number of aromatic carboxylic acids is 1. The molecule has 0 aliphatic carbocycles. The second-order valence-corrected chi connectivity index (χ2v) is 9.34. The molecule has 1 unspecified atom stereocenters. The van der Waals surface area contributed by atoms with Gasteiger partial charge >= 0.3 is 5.97 Å². The Bertz CT molecular complexity index is 1420. The Labute approximate surface area is 219 Å². The standard InChI is InChI=1S/C29H25ClFNO5/c1-17(2)37-23-6-7-24(25(30)15-23)27(33)29(9-4-10-32-29)16-21-11-18(5-8-26(21)36-3)19-12-20(28(34)35)14-22(31)13-19/h4-15,17H,16H2,1-3H3,(H,34,35). The summed E-state index contributed by atoms with van der Waals surface area (Å²) in [6.45, 7) is 3.79. The fraction of sp³-hybridized carbons (Fsp3) is 0.207. The maximum absolute atomic E-state index is 14.2. The zero-order valence-corrected chi connectivity index (χ0v) is 21.3. The second-order valence-electron chi connectivity index (χ2n) is 8.94. The molecule has 6 nitrogen and oxygen atoms in total. The SMILES string of the molecule is COc1ccc(-c2cc(F)cc(C(=O)O)c2)cc1CC1(C(=O)c2ccc(OC(C)C)cc2Cl)C=CC=N1. The zero-order chi connectivity index (χ0) is 26.7. The molecule has 0 bridgehead atoms. The minimum absolute atomic E-state index is 0.0456. The molecule has 8 heteroatoms. The Morgan fingerprint density at radius 1 is 1.08 bits per heavy atom. The molecule has 3 aromatic carbocycles. The van der Waals surface area contributed by atoms with Gasteiger partial charge in [-0.25, -0.2) is 9.18 Å². The van der Waals surface area contributed by atoms with Crippen LogP contribution in [-0.4, -0.2) is 41.8 Å². The number of aliphatic imine (C=N–C) groups is 1. The Hall–Kier alpha value is -3.97. The second kappa shape index (κ2) is 10.6. The molecular weight excluding hydrogens is 497 g/mol. The predicted molar refractivity (Wildman–Crippen MR) is 141 cm³/mol. The Kier molecular flexibility index (Phi) is 7.45. The van der Waals surface area contributed by atoms with Crippen molar-refractivity contribution in [1.82, 2.24) is 0 Å². The van der Waals surface area contributed by atoms with Crippen molar-refractivity contribution in [2.75, 3.05) is 7.11 Å². The molecule has 190 valence electrons. The molecule has 1 aliphatic rings. The summed E-state index contributed by atoms with van der Waals surface area (Å²) < 4.78 is 25.4. The van der Waals surface area contributed by atoms with Crippen molar-refractivity contribution >= 4 is 29.6 Å². The molecule has 0 amide bonds. The third-order valence-corrected chi connectivity index (χ3v) is 6.24. The lowest BCUT2D eigenvalue weighted by molar-refractivity contribution is 0.0696. The van der Waals surface area contributed by atoms with Crippen molar-refractivity contribution in [2.24, 2.45) is 4.99 Å². The zero-order valence-electron chi connectivity index (χ0n) is 20.5. The third kappa shape index (κ3) is 5.57. The number of carbonyl (C=O) groups is 2. The molecule has 1 heterocycles. The van der Waals surface area contributed by atoms with Crippen LogP contribution in [0.2, 0.25) is 5.02 Å². The molecule has 1 atom stereocenters. The molecule has 0 spiro atoms. The average Bonchev–Trinajstić information content (AvgIpc) is 3.32. The largest absolute Gasteiger partial charge is 0.496 e. The highest BCUT2D eigenvalue weighted by molar-refractivity contribution is 6.34. The fourth-order valence-electron chi connectivity index (χ4n) is 4.27. The minimum atomic E-state index is -1.27. The van der Waals surface area contributed by atoms with Crippen LogP contribution in [0.3, 0.4) is 0 Å². The Morgan fingerprint density at radius 2 is 1.86 bits per heavy atom.